The van der Waals surface area contributed by atoms with Crippen molar-refractivity contribution in [2.24, 2.45) is 0 Å². The molecule has 0 aliphatic rings. The average molecular weight is 495 g/mol. The van der Waals surface area contributed by atoms with Crippen LogP contribution in [0.2, 0.25) is 0 Å². The van der Waals surface area contributed by atoms with Gasteiger partial charge in [-0.05, 0) is 22.8 Å². The highest BCUT2D eigenvalue weighted by Gasteiger charge is 2.32. The fourth-order valence-corrected chi connectivity index (χ4v) is 3.56. The molecular formula is C26H20F3N3O4. The molecule has 0 fully saturated rings. The molecule has 0 saturated carbocycles. The van der Waals surface area contributed by atoms with E-state index in [0.717, 1.165) is 16.2 Å². The van der Waals surface area contributed by atoms with E-state index in [1.807, 2.05) is 0 Å². The van der Waals surface area contributed by atoms with Crippen LogP contribution >= 0.6 is 0 Å². The summed E-state index contributed by atoms with van der Waals surface area (Å²) >= 11 is 0. The van der Waals surface area contributed by atoms with Crippen molar-refractivity contribution in [3.05, 3.63) is 123 Å². The van der Waals surface area contributed by atoms with E-state index in [1.165, 1.54) is 12.1 Å². The van der Waals surface area contributed by atoms with Gasteiger partial charge in [0.25, 0.3) is 11.5 Å². The highest BCUT2D eigenvalue weighted by atomic mass is 19.4. The number of H-pyrrole nitrogens is 1. The molecule has 0 aliphatic heterocycles. The molecule has 0 unspecified atom stereocenters. The monoisotopic (exact) mass is 495 g/mol. The number of benzene rings is 3. The molecule has 184 valence electrons. The Kier molecular flexibility index (Phi) is 7.05. The Morgan fingerprint density at radius 1 is 0.889 bits per heavy atom. The second-order valence-corrected chi connectivity index (χ2v) is 7.82. The molecule has 1 aromatic heterocycles. The first-order valence-corrected chi connectivity index (χ1v) is 10.8. The number of hydrogen-bond acceptors (Lipinski definition) is 4. The van der Waals surface area contributed by atoms with Crippen molar-refractivity contribution in [3.63, 3.8) is 0 Å². The average Bonchev–Trinajstić information content (AvgIpc) is 2.85. The van der Waals surface area contributed by atoms with Crippen LogP contribution in [0.15, 0.2) is 94.5 Å². The lowest BCUT2D eigenvalue weighted by atomic mass is 10.0. The van der Waals surface area contributed by atoms with Crippen molar-refractivity contribution in [1.29, 1.82) is 0 Å². The first-order valence-electron chi connectivity index (χ1n) is 10.8. The summed E-state index contributed by atoms with van der Waals surface area (Å²) in [7, 11) is 0. The third-order valence-electron chi connectivity index (χ3n) is 5.29. The molecule has 3 aromatic carbocycles. The summed E-state index contributed by atoms with van der Waals surface area (Å²) in [6, 6.07) is 22.8. The zero-order valence-corrected chi connectivity index (χ0v) is 18.7. The van der Waals surface area contributed by atoms with Gasteiger partial charge in [-0.2, -0.15) is 0 Å². The van der Waals surface area contributed by atoms with Crippen molar-refractivity contribution < 1.29 is 22.7 Å². The number of carbonyl (C=O) groups is 1. The molecule has 0 radical (unpaired) electrons. The van der Waals surface area contributed by atoms with Gasteiger partial charge < -0.3 is 15.0 Å². The summed E-state index contributed by atoms with van der Waals surface area (Å²) < 4.78 is 44.2. The number of aromatic nitrogens is 2. The second kappa shape index (κ2) is 10.3. The zero-order valence-electron chi connectivity index (χ0n) is 18.7. The van der Waals surface area contributed by atoms with Crippen LogP contribution in [0.3, 0.4) is 0 Å². The van der Waals surface area contributed by atoms with Gasteiger partial charge in [-0.25, -0.2) is 4.79 Å². The SMILES string of the molecule is O=C(NCc1ccc(-c2ccccc2)cc1OC(F)(F)F)c1cc(=O)n(Cc2ccccc2)c(=O)[nH]1. The zero-order chi connectivity index (χ0) is 25.7. The number of carbonyl (C=O) groups excluding carboxylic acids is 1. The van der Waals surface area contributed by atoms with Crippen LogP contribution in [-0.4, -0.2) is 21.8 Å². The lowest BCUT2D eigenvalue weighted by Crippen LogP contribution is -2.38. The van der Waals surface area contributed by atoms with E-state index in [4.69, 9.17) is 0 Å². The molecule has 0 spiro atoms. The Labute approximate surface area is 202 Å². The van der Waals surface area contributed by atoms with Crippen LogP contribution in [0.5, 0.6) is 5.75 Å². The first-order chi connectivity index (χ1) is 17.2. The number of nitrogens with one attached hydrogen (secondary N) is 2. The van der Waals surface area contributed by atoms with E-state index in [1.54, 1.807) is 66.7 Å². The minimum absolute atomic E-state index is 0.0167. The summed E-state index contributed by atoms with van der Waals surface area (Å²) in [6.45, 7) is -0.322. The molecule has 2 N–H and O–H groups in total. The maximum absolute atomic E-state index is 13.0. The lowest BCUT2D eigenvalue weighted by molar-refractivity contribution is -0.274. The Hall–Kier alpha value is -4.60. The molecule has 0 atom stereocenters. The Balaban J connectivity index is 1.53. The van der Waals surface area contributed by atoms with Crippen LogP contribution in [0, 0.1) is 0 Å². The highest BCUT2D eigenvalue weighted by molar-refractivity contribution is 5.92. The second-order valence-electron chi connectivity index (χ2n) is 7.82. The van der Waals surface area contributed by atoms with Gasteiger partial charge >= 0.3 is 12.1 Å². The number of rotatable bonds is 7. The number of aromatic amines is 1. The van der Waals surface area contributed by atoms with Gasteiger partial charge in [0.05, 0.1) is 6.54 Å². The van der Waals surface area contributed by atoms with E-state index >= 15 is 0 Å². The van der Waals surface area contributed by atoms with Crippen molar-refractivity contribution in [2.75, 3.05) is 0 Å². The largest absolute Gasteiger partial charge is 0.573 e. The normalized spacial score (nSPS) is 11.2. The summed E-state index contributed by atoms with van der Waals surface area (Å²) in [5.41, 5.74) is 0.169. The number of ether oxygens (including phenoxy) is 1. The minimum Gasteiger partial charge on any atom is -0.405 e. The maximum atomic E-state index is 13.0. The van der Waals surface area contributed by atoms with Crippen molar-refractivity contribution in [1.82, 2.24) is 14.9 Å². The van der Waals surface area contributed by atoms with Gasteiger partial charge in [0.1, 0.15) is 11.4 Å². The number of halogens is 3. The van der Waals surface area contributed by atoms with E-state index < -0.39 is 29.3 Å². The maximum Gasteiger partial charge on any atom is 0.573 e. The summed E-state index contributed by atoms with van der Waals surface area (Å²) in [4.78, 5) is 39.8. The fourth-order valence-electron chi connectivity index (χ4n) is 3.56. The van der Waals surface area contributed by atoms with Crippen LogP contribution in [-0.2, 0) is 13.1 Å². The first kappa shape index (κ1) is 24.5. The molecule has 4 aromatic rings. The molecule has 7 nitrogen and oxygen atoms in total. The lowest BCUT2D eigenvalue weighted by Gasteiger charge is -2.15. The quantitative estimate of drug-likeness (QED) is 0.404. The fraction of sp³-hybridized carbons (Fsp3) is 0.115. The molecule has 1 amide bonds. The molecule has 10 heteroatoms. The summed E-state index contributed by atoms with van der Waals surface area (Å²) in [5.74, 6) is -1.31. The topological polar surface area (TPSA) is 93.2 Å². The van der Waals surface area contributed by atoms with Gasteiger partial charge in [0.2, 0.25) is 0 Å². The number of hydrogen-bond donors (Lipinski definition) is 2. The molecule has 36 heavy (non-hydrogen) atoms. The molecular weight excluding hydrogens is 475 g/mol. The number of amides is 1. The van der Waals surface area contributed by atoms with Crippen LogP contribution in [0.25, 0.3) is 11.1 Å². The summed E-state index contributed by atoms with van der Waals surface area (Å²) in [5, 5.41) is 2.42. The number of nitrogens with zero attached hydrogens (tertiary/aromatic N) is 1. The van der Waals surface area contributed by atoms with Gasteiger partial charge in [-0.15, -0.1) is 13.2 Å². The molecule has 1 heterocycles. The highest BCUT2D eigenvalue weighted by Crippen LogP contribution is 2.31. The number of alkyl halides is 3. The van der Waals surface area contributed by atoms with E-state index in [9.17, 15) is 27.6 Å². The predicted octanol–water partition coefficient (Wildman–Crippen LogP) is 4.08. The van der Waals surface area contributed by atoms with E-state index in [0.29, 0.717) is 11.1 Å². The van der Waals surface area contributed by atoms with Gasteiger partial charge in [-0.1, -0.05) is 72.8 Å². The van der Waals surface area contributed by atoms with Crippen LogP contribution < -0.4 is 21.3 Å². The molecule has 0 saturated heterocycles. The van der Waals surface area contributed by atoms with Gasteiger partial charge in [0.15, 0.2) is 0 Å². The third-order valence-corrected chi connectivity index (χ3v) is 5.29. The standard InChI is InChI=1S/C26H20F3N3O4/c27-26(28,29)36-22-13-19(18-9-5-2-6-10-18)11-12-20(22)15-30-24(34)21-14-23(33)32(25(35)31-21)16-17-7-3-1-4-8-17/h1-14H,15-16H2,(H,30,34)(H,31,35). The van der Waals surface area contributed by atoms with E-state index in [-0.39, 0.29) is 24.3 Å². The van der Waals surface area contributed by atoms with Gasteiger partial charge in [-0.3, -0.25) is 14.2 Å². The molecule has 0 bridgehead atoms. The third kappa shape index (κ3) is 6.09. The Morgan fingerprint density at radius 2 is 1.56 bits per heavy atom. The minimum atomic E-state index is -4.94. The van der Waals surface area contributed by atoms with Crippen molar-refractivity contribution in [3.8, 4) is 16.9 Å². The molecule has 4 rings (SSSR count). The molecule has 0 aliphatic carbocycles. The van der Waals surface area contributed by atoms with Crippen LogP contribution in [0.4, 0.5) is 13.2 Å². The summed E-state index contributed by atoms with van der Waals surface area (Å²) in [6.07, 6.45) is -4.94. The Morgan fingerprint density at radius 3 is 2.19 bits per heavy atom. The Bertz CT molecular complexity index is 1450. The van der Waals surface area contributed by atoms with Gasteiger partial charge in [0, 0.05) is 18.2 Å². The van der Waals surface area contributed by atoms with E-state index in [2.05, 4.69) is 15.0 Å². The predicted molar refractivity (Wildman–Crippen MR) is 127 cm³/mol. The smallest absolute Gasteiger partial charge is 0.405 e. The van der Waals surface area contributed by atoms with Crippen LogP contribution in [0.1, 0.15) is 21.6 Å². The van der Waals surface area contributed by atoms with Crippen molar-refractivity contribution >= 4 is 5.91 Å². The van der Waals surface area contributed by atoms with Crippen molar-refractivity contribution in [2.45, 2.75) is 19.5 Å².